The summed E-state index contributed by atoms with van der Waals surface area (Å²) < 4.78 is 45.1. The van der Waals surface area contributed by atoms with Crippen molar-refractivity contribution < 1.29 is 32.1 Å². The molecule has 4 unspecified atom stereocenters. The smallest absolute Gasteiger partial charge is 0.379 e. The molecule has 7 nitrogen and oxygen atoms in total. The Labute approximate surface area is 285 Å². The first-order valence-corrected chi connectivity index (χ1v) is 20.1. The molecule has 264 valence electrons. The molecule has 0 aliphatic carbocycles. The van der Waals surface area contributed by atoms with Gasteiger partial charge >= 0.3 is 7.82 Å². The summed E-state index contributed by atoms with van der Waals surface area (Å²) in [7, 11) is 0.465. The highest BCUT2D eigenvalue weighted by atomic mass is 31.2. The number of phosphoric acid groups is 1. The fourth-order valence-corrected chi connectivity index (χ4v) is 8.53. The first kappa shape index (κ1) is 38.2. The van der Waals surface area contributed by atoms with E-state index in [1.807, 2.05) is 36.4 Å². The number of phosphoric ester groups is 1. The predicted octanol–water partition coefficient (Wildman–Crippen LogP) is 10.4. The molecule has 0 aromatic heterocycles. The van der Waals surface area contributed by atoms with Crippen molar-refractivity contribution in [3.05, 3.63) is 71.8 Å². The molecule has 2 heterocycles. The molecule has 0 radical (unpaired) electrons. The lowest BCUT2D eigenvalue weighted by Crippen LogP contribution is -2.56. The molecule has 4 rings (SSSR count). The average molecular weight is 673 g/mol. The van der Waals surface area contributed by atoms with Crippen molar-refractivity contribution in [2.45, 2.75) is 134 Å². The second-order valence-electron chi connectivity index (χ2n) is 14.2. The first-order valence-electron chi connectivity index (χ1n) is 18.7. The Morgan fingerprint density at radius 1 is 0.745 bits per heavy atom. The van der Waals surface area contributed by atoms with Crippen LogP contribution >= 0.6 is 7.82 Å². The number of benzene rings is 2. The minimum Gasteiger partial charge on any atom is -0.379 e. The summed E-state index contributed by atoms with van der Waals surface area (Å²) in [5.41, 5.74) is 2.08. The average Bonchev–Trinajstić information content (AvgIpc) is 3.44. The molecule has 2 aromatic carbocycles. The van der Waals surface area contributed by atoms with E-state index in [2.05, 4.69) is 45.3 Å². The highest BCUT2D eigenvalue weighted by molar-refractivity contribution is 7.48. The van der Waals surface area contributed by atoms with E-state index >= 15 is 0 Å². The van der Waals surface area contributed by atoms with Crippen molar-refractivity contribution in [2.24, 2.45) is 0 Å². The van der Waals surface area contributed by atoms with E-state index in [-0.39, 0.29) is 25.0 Å². The van der Waals surface area contributed by atoms with Crippen LogP contribution in [0.2, 0.25) is 0 Å². The van der Waals surface area contributed by atoms with E-state index in [1.54, 1.807) is 0 Å². The molecule has 4 atom stereocenters. The fraction of sp³-hybridized carbons (Fsp3) is 0.692. The SMILES string of the molecule is CCCCCCCCCCCCCCCCOCC(COP1(=O)OC2CCC[N+](C)(C)C2O1)OC(c1ccccc1)c1ccccc1. The van der Waals surface area contributed by atoms with Gasteiger partial charge < -0.3 is 14.0 Å². The predicted molar refractivity (Wildman–Crippen MR) is 190 cm³/mol. The van der Waals surface area contributed by atoms with Gasteiger partial charge in [0, 0.05) is 6.61 Å². The third-order valence-corrected chi connectivity index (χ3v) is 11.1. The van der Waals surface area contributed by atoms with E-state index in [9.17, 15) is 4.57 Å². The number of likely N-dealkylation sites (N-methyl/N-ethyl adjacent to an activating group) is 1. The Morgan fingerprint density at radius 2 is 1.28 bits per heavy atom. The monoisotopic (exact) mass is 672 g/mol. The van der Waals surface area contributed by atoms with Gasteiger partial charge in [-0.2, -0.15) is 0 Å². The van der Waals surface area contributed by atoms with Gasteiger partial charge in [0.25, 0.3) is 0 Å². The number of likely N-dealkylation sites (tertiary alicyclic amines) is 1. The van der Waals surface area contributed by atoms with Crippen molar-refractivity contribution in [1.29, 1.82) is 0 Å². The normalized spacial score (nSPS) is 22.8. The van der Waals surface area contributed by atoms with Gasteiger partial charge in [0.2, 0.25) is 6.23 Å². The molecule has 2 fully saturated rings. The van der Waals surface area contributed by atoms with Crippen molar-refractivity contribution >= 4 is 7.82 Å². The molecule has 0 spiro atoms. The number of piperidine rings is 1. The Kier molecular flexibility index (Phi) is 16.9. The standard InChI is InChI=1S/C39H63NO6P/c1-4-5-6-7-8-9-10-11-12-13-14-15-16-23-31-42-32-36(33-43-47(41)45-37-29-24-30-40(2,3)39(37)46-47)44-38(34-25-19-17-20-26-34)35-27-21-18-22-28-35/h17-22,25-28,36-39H,4-16,23-24,29-33H2,1-3H3/q+1. The second-order valence-corrected chi connectivity index (χ2v) is 15.7. The summed E-state index contributed by atoms with van der Waals surface area (Å²) in [6.45, 7) is 4.29. The molecular weight excluding hydrogens is 609 g/mol. The molecule has 47 heavy (non-hydrogen) atoms. The summed E-state index contributed by atoms with van der Waals surface area (Å²) in [4.78, 5) is 0. The van der Waals surface area contributed by atoms with Crippen molar-refractivity contribution in [3.63, 3.8) is 0 Å². The quantitative estimate of drug-likeness (QED) is 0.0628. The Morgan fingerprint density at radius 3 is 1.81 bits per heavy atom. The van der Waals surface area contributed by atoms with Crippen LogP contribution in [0.25, 0.3) is 0 Å². The summed E-state index contributed by atoms with van der Waals surface area (Å²) >= 11 is 0. The number of fused-ring (bicyclic) bond motifs is 1. The Balaban J connectivity index is 1.22. The van der Waals surface area contributed by atoms with Crippen molar-refractivity contribution in [2.75, 3.05) is 40.5 Å². The van der Waals surface area contributed by atoms with Crippen LogP contribution in [0.5, 0.6) is 0 Å². The van der Waals surface area contributed by atoms with Crippen LogP contribution in [-0.2, 0) is 27.6 Å². The lowest BCUT2D eigenvalue weighted by atomic mass is 10.0. The van der Waals surface area contributed by atoms with Gasteiger partial charge in [-0.1, -0.05) is 151 Å². The number of ether oxygens (including phenoxy) is 2. The molecular formula is C39H63NO6P+. The van der Waals surface area contributed by atoms with Crippen LogP contribution in [0.4, 0.5) is 0 Å². The van der Waals surface area contributed by atoms with Gasteiger partial charge in [-0.25, -0.2) is 9.09 Å². The Hall–Kier alpha value is -1.57. The third kappa shape index (κ3) is 13.3. The zero-order valence-corrected chi connectivity index (χ0v) is 30.5. The van der Waals surface area contributed by atoms with E-state index in [4.69, 9.17) is 23.0 Å². The van der Waals surface area contributed by atoms with Crippen LogP contribution in [0.15, 0.2) is 60.7 Å². The highest BCUT2D eigenvalue weighted by Crippen LogP contribution is 2.60. The lowest BCUT2D eigenvalue weighted by molar-refractivity contribution is -0.939. The molecule has 0 bridgehead atoms. The second kappa shape index (κ2) is 20.8. The third-order valence-electron chi connectivity index (χ3n) is 9.63. The number of hydrogen-bond acceptors (Lipinski definition) is 6. The number of nitrogens with zero attached hydrogens (tertiary/aromatic N) is 1. The maximum atomic E-state index is 13.6. The van der Waals surface area contributed by atoms with E-state index in [1.165, 1.54) is 83.5 Å². The summed E-state index contributed by atoms with van der Waals surface area (Å²) in [6, 6.07) is 20.4. The molecule has 0 saturated carbocycles. The van der Waals surface area contributed by atoms with Gasteiger partial charge in [0.1, 0.15) is 18.3 Å². The van der Waals surface area contributed by atoms with Gasteiger partial charge in [-0.15, -0.1) is 0 Å². The van der Waals surface area contributed by atoms with Crippen LogP contribution in [0.3, 0.4) is 0 Å². The molecule has 2 aliphatic heterocycles. The van der Waals surface area contributed by atoms with Crippen LogP contribution in [-0.4, -0.2) is 63.4 Å². The zero-order chi connectivity index (χ0) is 33.2. The summed E-state index contributed by atoms with van der Waals surface area (Å²) in [6.07, 6.45) is 19.1. The number of rotatable bonds is 24. The summed E-state index contributed by atoms with van der Waals surface area (Å²) in [5.74, 6) is 0. The topological polar surface area (TPSA) is 63.2 Å². The fourth-order valence-electron chi connectivity index (χ4n) is 6.82. The largest absolute Gasteiger partial charge is 0.480 e. The van der Waals surface area contributed by atoms with Gasteiger partial charge in [0.05, 0.1) is 33.9 Å². The molecule has 2 saturated heterocycles. The maximum absolute atomic E-state index is 13.6. The maximum Gasteiger partial charge on any atom is 0.480 e. The van der Waals surface area contributed by atoms with Gasteiger partial charge in [-0.3, -0.25) is 9.05 Å². The minimum atomic E-state index is -3.72. The number of quaternary nitrogens is 1. The van der Waals surface area contributed by atoms with Crippen LogP contribution < -0.4 is 0 Å². The summed E-state index contributed by atoms with van der Waals surface area (Å²) in [5, 5.41) is 0. The van der Waals surface area contributed by atoms with E-state index in [0.29, 0.717) is 17.7 Å². The molecule has 0 N–H and O–H groups in total. The van der Waals surface area contributed by atoms with Crippen LogP contribution in [0, 0.1) is 0 Å². The highest BCUT2D eigenvalue weighted by Gasteiger charge is 2.55. The van der Waals surface area contributed by atoms with Crippen molar-refractivity contribution in [3.8, 4) is 0 Å². The minimum absolute atomic E-state index is 0.0546. The number of unbranched alkanes of at least 4 members (excludes halogenated alkanes) is 13. The van der Waals surface area contributed by atoms with Gasteiger partial charge in [0.15, 0.2) is 0 Å². The Bertz CT molecular complexity index is 1110. The number of hydrogen-bond donors (Lipinski definition) is 0. The lowest BCUT2D eigenvalue weighted by Gasteiger charge is -2.39. The zero-order valence-electron chi connectivity index (χ0n) is 29.6. The molecule has 0 amide bonds. The van der Waals surface area contributed by atoms with E-state index in [0.717, 1.165) is 36.9 Å². The molecule has 8 heteroatoms. The van der Waals surface area contributed by atoms with Crippen molar-refractivity contribution in [1.82, 2.24) is 0 Å². The van der Waals surface area contributed by atoms with Gasteiger partial charge in [-0.05, 0) is 30.4 Å². The first-order chi connectivity index (χ1) is 22.9. The van der Waals surface area contributed by atoms with Crippen LogP contribution in [0.1, 0.15) is 127 Å². The molecule has 2 aliphatic rings. The van der Waals surface area contributed by atoms with E-state index < -0.39 is 13.9 Å². The molecule has 2 aromatic rings.